The summed E-state index contributed by atoms with van der Waals surface area (Å²) in [6.45, 7) is 2.08. The van der Waals surface area contributed by atoms with Gasteiger partial charge in [0.1, 0.15) is 0 Å². The number of aryl methyl sites for hydroxylation is 1. The van der Waals surface area contributed by atoms with Crippen LogP contribution in [0.25, 0.3) is 17.3 Å². The summed E-state index contributed by atoms with van der Waals surface area (Å²) in [7, 11) is 0. The first-order chi connectivity index (χ1) is 13.0. The first-order valence-corrected chi connectivity index (χ1v) is 10.5. The lowest BCUT2D eigenvalue weighted by atomic mass is 10.1. The Morgan fingerprint density at radius 2 is 1.93 bits per heavy atom. The number of halogens is 3. The van der Waals surface area contributed by atoms with Crippen LogP contribution < -0.4 is 5.32 Å². The van der Waals surface area contributed by atoms with E-state index in [1.807, 2.05) is 24.3 Å². The van der Waals surface area contributed by atoms with Gasteiger partial charge in [0.25, 0.3) is 0 Å². The summed E-state index contributed by atoms with van der Waals surface area (Å²) in [5.41, 5.74) is 2.72. The summed E-state index contributed by atoms with van der Waals surface area (Å²) < 4.78 is 1.01. The molecular formula is C20H15BrCl2N2OS. The van der Waals surface area contributed by atoms with Crippen molar-refractivity contribution in [3.05, 3.63) is 73.5 Å². The Morgan fingerprint density at radius 1 is 1.19 bits per heavy atom. The first-order valence-electron chi connectivity index (χ1n) is 8.16. The van der Waals surface area contributed by atoms with Crippen LogP contribution in [0.1, 0.15) is 17.4 Å². The van der Waals surface area contributed by atoms with E-state index in [2.05, 4.69) is 33.2 Å². The Hall–Kier alpha value is -1.66. The Bertz CT molecular complexity index is 1000. The van der Waals surface area contributed by atoms with E-state index in [0.29, 0.717) is 15.2 Å². The quantitative estimate of drug-likeness (QED) is 0.395. The molecule has 1 heterocycles. The predicted octanol–water partition coefficient (Wildman–Crippen LogP) is 7.09. The molecule has 0 saturated carbocycles. The van der Waals surface area contributed by atoms with Gasteiger partial charge in [-0.25, -0.2) is 4.98 Å². The number of carbonyl (C=O) groups is 1. The zero-order chi connectivity index (χ0) is 19.4. The van der Waals surface area contributed by atoms with Crippen LogP contribution in [0.4, 0.5) is 5.13 Å². The van der Waals surface area contributed by atoms with Crippen molar-refractivity contribution in [2.75, 3.05) is 5.32 Å². The van der Waals surface area contributed by atoms with Crippen LogP contribution in [-0.4, -0.2) is 10.9 Å². The molecular weight excluding hydrogens is 467 g/mol. The lowest BCUT2D eigenvalue weighted by molar-refractivity contribution is -0.111. The molecule has 3 aromatic rings. The van der Waals surface area contributed by atoms with Crippen molar-refractivity contribution < 1.29 is 4.79 Å². The maximum absolute atomic E-state index is 12.2. The van der Waals surface area contributed by atoms with Gasteiger partial charge in [0.05, 0.1) is 15.7 Å². The van der Waals surface area contributed by atoms with E-state index in [4.69, 9.17) is 23.2 Å². The number of rotatable bonds is 5. The highest BCUT2D eigenvalue weighted by Gasteiger charge is 2.13. The second-order valence-electron chi connectivity index (χ2n) is 5.65. The number of nitrogens with zero attached hydrogens (tertiary/aromatic N) is 1. The van der Waals surface area contributed by atoms with Gasteiger partial charge >= 0.3 is 0 Å². The Balaban J connectivity index is 1.75. The monoisotopic (exact) mass is 480 g/mol. The van der Waals surface area contributed by atoms with Crippen molar-refractivity contribution >= 4 is 67.6 Å². The molecule has 138 valence electrons. The standard InChI is InChI=1S/C20H15BrCl2N2OS/c1-2-17-19(13-5-7-14(21)8-6-13)25-20(27-17)24-18(26)10-4-12-3-9-15(22)16(23)11-12/h3-11H,2H2,1H3,(H,24,25,26)/b10-4+. The molecule has 27 heavy (non-hydrogen) atoms. The molecule has 0 fully saturated rings. The second-order valence-corrected chi connectivity index (χ2v) is 8.46. The second kappa shape index (κ2) is 9.02. The molecule has 0 aliphatic rings. The summed E-state index contributed by atoms with van der Waals surface area (Å²) in [6, 6.07) is 13.2. The maximum atomic E-state index is 12.2. The van der Waals surface area contributed by atoms with Gasteiger partial charge in [-0.15, -0.1) is 11.3 Å². The predicted molar refractivity (Wildman–Crippen MR) is 119 cm³/mol. The summed E-state index contributed by atoms with van der Waals surface area (Å²) >= 11 is 16.8. The molecule has 0 unspecified atom stereocenters. The van der Waals surface area contributed by atoms with Crippen molar-refractivity contribution in [1.29, 1.82) is 0 Å². The van der Waals surface area contributed by atoms with Crippen LogP contribution >= 0.6 is 50.5 Å². The maximum Gasteiger partial charge on any atom is 0.250 e. The van der Waals surface area contributed by atoms with E-state index in [-0.39, 0.29) is 5.91 Å². The van der Waals surface area contributed by atoms with E-state index >= 15 is 0 Å². The summed E-state index contributed by atoms with van der Waals surface area (Å²) in [5.74, 6) is -0.250. The molecule has 0 radical (unpaired) electrons. The third-order valence-corrected chi connectivity index (χ3v) is 6.12. The Kier molecular flexibility index (Phi) is 6.71. The lowest BCUT2D eigenvalue weighted by Gasteiger charge is -2.00. The molecule has 0 aliphatic carbocycles. The molecule has 3 nitrogen and oxygen atoms in total. The SMILES string of the molecule is CCc1sc(NC(=O)/C=C/c2ccc(Cl)c(Cl)c2)nc1-c1ccc(Br)cc1. The normalized spacial score (nSPS) is 11.1. The summed E-state index contributed by atoms with van der Waals surface area (Å²) in [5, 5.41) is 4.34. The third-order valence-electron chi connectivity index (χ3n) is 3.74. The lowest BCUT2D eigenvalue weighted by Crippen LogP contribution is -2.07. The molecule has 1 amide bonds. The minimum Gasteiger partial charge on any atom is -0.298 e. The summed E-state index contributed by atoms with van der Waals surface area (Å²) in [4.78, 5) is 18.0. The topological polar surface area (TPSA) is 42.0 Å². The van der Waals surface area contributed by atoms with Gasteiger partial charge in [0.2, 0.25) is 5.91 Å². The smallest absolute Gasteiger partial charge is 0.250 e. The number of amides is 1. The van der Waals surface area contributed by atoms with E-state index in [9.17, 15) is 4.79 Å². The van der Waals surface area contributed by atoms with Crippen molar-refractivity contribution in [2.45, 2.75) is 13.3 Å². The van der Waals surface area contributed by atoms with Crippen LogP contribution in [0.5, 0.6) is 0 Å². The van der Waals surface area contributed by atoms with Crippen LogP contribution in [0.3, 0.4) is 0 Å². The fraction of sp³-hybridized carbons (Fsp3) is 0.100. The molecule has 0 bridgehead atoms. The van der Waals surface area contributed by atoms with E-state index in [1.54, 1.807) is 24.3 Å². The molecule has 1 N–H and O–H groups in total. The molecule has 0 aliphatic heterocycles. The van der Waals surface area contributed by atoms with Crippen molar-refractivity contribution in [3.63, 3.8) is 0 Å². The highest BCUT2D eigenvalue weighted by Crippen LogP contribution is 2.32. The molecule has 7 heteroatoms. The fourth-order valence-corrected chi connectivity index (χ4v) is 3.91. The largest absolute Gasteiger partial charge is 0.298 e. The number of nitrogens with one attached hydrogen (secondary N) is 1. The van der Waals surface area contributed by atoms with E-state index < -0.39 is 0 Å². The van der Waals surface area contributed by atoms with Gasteiger partial charge in [0.15, 0.2) is 5.13 Å². The van der Waals surface area contributed by atoms with Crippen LogP contribution in [0.2, 0.25) is 10.0 Å². The summed E-state index contributed by atoms with van der Waals surface area (Å²) in [6.07, 6.45) is 3.98. The van der Waals surface area contributed by atoms with Crippen LogP contribution in [-0.2, 0) is 11.2 Å². The number of hydrogen-bond acceptors (Lipinski definition) is 3. The van der Waals surface area contributed by atoms with Gasteiger partial charge in [-0.2, -0.15) is 0 Å². The number of anilines is 1. The Labute approximate surface area is 180 Å². The van der Waals surface area contributed by atoms with Gasteiger partial charge in [0, 0.05) is 21.0 Å². The molecule has 0 spiro atoms. The zero-order valence-corrected chi connectivity index (χ0v) is 18.2. The average Bonchev–Trinajstić information content (AvgIpc) is 3.06. The highest BCUT2D eigenvalue weighted by molar-refractivity contribution is 9.10. The Morgan fingerprint density at radius 3 is 2.59 bits per heavy atom. The van der Waals surface area contributed by atoms with Crippen LogP contribution in [0, 0.1) is 0 Å². The number of carbonyl (C=O) groups excluding carboxylic acids is 1. The van der Waals surface area contributed by atoms with Crippen LogP contribution in [0.15, 0.2) is 53.0 Å². The highest BCUT2D eigenvalue weighted by atomic mass is 79.9. The minimum atomic E-state index is -0.250. The molecule has 0 atom stereocenters. The first kappa shape index (κ1) is 20.1. The third kappa shape index (κ3) is 5.20. The van der Waals surface area contributed by atoms with Gasteiger partial charge < -0.3 is 0 Å². The van der Waals surface area contributed by atoms with Crippen molar-refractivity contribution in [3.8, 4) is 11.3 Å². The van der Waals surface area contributed by atoms with E-state index in [0.717, 1.165) is 32.6 Å². The number of thiazole rings is 1. The molecule has 3 rings (SSSR count). The number of aromatic nitrogens is 1. The molecule has 2 aromatic carbocycles. The van der Waals surface area contributed by atoms with Gasteiger partial charge in [-0.1, -0.05) is 64.3 Å². The van der Waals surface area contributed by atoms with Gasteiger partial charge in [-0.3, -0.25) is 10.1 Å². The molecule has 1 aromatic heterocycles. The average molecular weight is 482 g/mol. The van der Waals surface area contributed by atoms with Crippen molar-refractivity contribution in [1.82, 2.24) is 4.98 Å². The number of benzene rings is 2. The van der Waals surface area contributed by atoms with Crippen molar-refractivity contribution in [2.24, 2.45) is 0 Å². The number of hydrogen-bond donors (Lipinski definition) is 1. The van der Waals surface area contributed by atoms with E-state index in [1.165, 1.54) is 17.4 Å². The minimum absolute atomic E-state index is 0.250. The fourth-order valence-electron chi connectivity index (χ4n) is 2.41. The zero-order valence-electron chi connectivity index (χ0n) is 14.3. The molecule has 0 saturated heterocycles. The van der Waals surface area contributed by atoms with Gasteiger partial charge in [-0.05, 0) is 42.3 Å².